The van der Waals surface area contributed by atoms with Gasteiger partial charge in [0.05, 0.1) is 105 Å². The van der Waals surface area contributed by atoms with Crippen LogP contribution in [0, 0.1) is 64.6 Å². The van der Waals surface area contributed by atoms with Crippen LogP contribution >= 0.6 is 0 Å². The van der Waals surface area contributed by atoms with E-state index in [0.29, 0.717) is 0 Å². The maximum Gasteiger partial charge on any atom is 0.268 e. The van der Waals surface area contributed by atoms with Crippen molar-refractivity contribution < 1.29 is 51.3 Å². The smallest absolute Gasteiger partial charge is 0.268 e. The standard InChI is InChI=1S/2C62H44N10.2Pt/c1-38-17-14-29-51-58(38)64-60-68(53-35-56-55(36-54(53)70(51)60)71-52-30-15-18-39(2)59(52)65-61(71)72(56)57-33-40(31-32-63-57)62(3,4)5)42-20-16-19-41(34-42)66-37-67(48-26-11-10-25-47(48)66)49-27-12-13-28-50(49)69-45-23-8-6-21-43(45)44-22-7-9-24-46(44)69;1-38-17-13-28-49-57(38)64-60-69(52-35-55-54(36-53(52)70(49)60)71-50-29-14-18-39(2)58(50)65-61(71)72(55)56-33-40(31-32-63-56)62(3,4)5)43-22-15-21-42(34-43)66-37-67(48-27-12-11-26-47(48)66)51-30-16-24-45-44-23-9-10-25-46(44)68(59(45)51)41-19-7-6-8-20-41;;/h2*6-33,36H,1-5H3;;/q2*-2;;. The van der Waals surface area contributed by atoms with Crippen molar-refractivity contribution in [1.82, 2.24) is 84.0 Å². The molecule has 14 heterocycles. The molecular weight excluding hydrogens is 2160 g/mol. The number of hydrogen-bond acceptors (Lipinski definition) is 6. The molecule has 0 aliphatic rings. The van der Waals surface area contributed by atoms with Crippen LogP contribution < -0.4 is 9.13 Å². The largest absolute Gasteiger partial charge is 0.331 e. The fourth-order valence-corrected chi connectivity index (χ4v) is 22.4. The van der Waals surface area contributed by atoms with Crippen LogP contribution in [0.5, 0.6) is 0 Å². The minimum atomic E-state index is -0.0953. The second-order valence-electron chi connectivity index (χ2n) is 40.0. The minimum Gasteiger partial charge on any atom is -0.331 e. The van der Waals surface area contributed by atoms with E-state index in [2.05, 4.69) is 509 Å². The molecule has 0 saturated heterocycles. The number of rotatable bonds is 10. The quantitative estimate of drug-likeness (QED) is 0.0986. The van der Waals surface area contributed by atoms with Gasteiger partial charge in [0.15, 0.2) is 0 Å². The number of pyridine rings is 2. The van der Waals surface area contributed by atoms with Crippen molar-refractivity contribution in [3.63, 3.8) is 0 Å². The minimum absolute atomic E-state index is 0. The fraction of sp³-hybridized carbons (Fsp3) is 0.0968. The summed E-state index contributed by atoms with van der Waals surface area (Å²) in [6.07, 6.45) is 11.5. The van der Waals surface area contributed by atoms with E-state index in [0.717, 1.165) is 235 Å². The van der Waals surface area contributed by atoms with Crippen molar-refractivity contribution in [2.24, 2.45) is 0 Å². The fourth-order valence-electron chi connectivity index (χ4n) is 22.4. The van der Waals surface area contributed by atoms with Crippen molar-refractivity contribution in [3.05, 3.63) is 422 Å². The number of imidazole rings is 10. The predicted octanol–water partition coefficient (Wildman–Crippen LogP) is 26.4. The van der Waals surface area contributed by atoms with Gasteiger partial charge in [0.25, 0.3) is 12.7 Å². The first-order valence-electron chi connectivity index (χ1n) is 48.8. The molecule has 0 unspecified atom stereocenters. The zero-order chi connectivity index (χ0) is 96.3. The number of aromatic nitrogens is 20. The Morgan fingerprint density at radius 2 is 0.589 bits per heavy atom. The van der Waals surface area contributed by atoms with E-state index in [4.69, 9.17) is 29.9 Å². The molecule has 0 bridgehead atoms. The average molecular weight is 2250 g/mol. The van der Waals surface area contributed by atoms with Crippen LogP contribution in [0.25, 0.3) is 234 Å². The van der Waals surface area contributed by atoms with Crippen molar-refractivity contribution in [2.75, 3.05) is 0 Å². The molecule has 0 saturated carbocycles. The summed E-state index contributed by atoms with van der Waals surface area (Å²) in [5, 5.41) is 4.81. The normalized spacial score (nSPS) is 12.3. The van der Waals surface area contributed by atoms with Gasteiger partial charge in [0.1, 0.15) is 11.6 Å². The van der Waals surface area contributed by atoms with Gasteiger partial charge in [-0.3, -0.25) is 18.3 Å². The molecule has 0 atom stereocenters. The molecule has 30 aromatic rings. The van der Waals surface area contributed by atoms with Crippen molar-refractivity contribution >= 4 is 177 Å². The molecule has 30 rings (SSSR count). The van der Waals surface area contributed by atoms with Crippen LogP contribution in [0.1, 0.15) is 74.9 Å². The summed E-state index contributed by atoms with van der Waals surface area (Å²) in [5.74, 6) is 4.67. The zero-order valence-electron chi connectivity index (χ0n) is 81.1. The maximum atomic E-state index is 5.44. The molecule has 0 N–H and O–H groups in total. The van der Waals surface area contributed by atoms with Gasteiger partial charge < -0.3 is 45.0 Å². The molecular formula is C124H88N20Pt2-4. The first-order valence-corrected chi connectivity index (χ1v) is 48.8. The second kappa shape index (κ2) is 32.7. The number of aryl methyl sites for hydroxylation is 4. The molecule has 0 amide bonds. The molecule has 0 radical (unpaired) electrons. The van der Waals surface area contributed by atoms with E-state index in [1.54, 1.807) is 0 Å². The molecule has 708 valence electrons. The first-order chi connectivity index (χ1) is 70.4. The molecule has 14 aromatic heterocycles. The monoisotopic (exact) mass is 2250 g/mol. The maximum absolute atomic E-state index is 5.44. The third-order valence-corrected chi connectivity index (χ3v) is 29.3. The van der Waals surface area contributed by atoms with E-state index in [1.807, 2.05) is 12.4 Å². The van der Waals surface area contributed by atoms with E-state index >= 15 is 0 Å². The predicted molar refractivity (Wildman–Crippen MR) is 576 cm³/mol. The van der Waals surface area contributed by atoms with Gasteiger partial charge >= 0.3 is 0 Å². The molecule has 0 spiro atoms. The van der Waals surface area contributed by atoms with Gasteiger partial charge in [-0.25, -0.2) is 29.9 Å². The summed E-state index contributed by atoms with van der Waals surface area (Å²) in [6, 6.07) is 136. The Morgan fingerprint density at radius 1 is 0.260 bits per heavy atom. The number of para-hydroxylation sites is 15. The van der Waals surface area contributed by atoms with E-state index in [9.17, 15) is 0 Å². The van der Waals surface area contributed by atoms with Gasteiger partial charge in [0, 0.05) is 81.8 Å². The van der Waals surface area contributed by atoms with Gasteiger partial charge in [0.2, 0.25) is 23.1 Å². The summed E-state index contributed by atoms with van der Waals surface area (Å²) < 4.78 is 31.2. The number of nitrogens with zero attached hydrogens (tertiary/aromatic N) is 20. The van der Waals surface area contributed by atoms with Crippen LogP contribution in [0.3, 0.4) is 0 Å². The van der Waals surface area contributed by atoms with Crippen LogP contribution in [-0.2, 0) is 53.0 Å². The third-order valence-electron chi connectivity index (χ3n) is 29.3. The Hall–Kier alpha value is -17.2. The van der Waals surface area contributed by atoms with Crippen molar-refractivity contribution in [3.8, 4) is 57.1 Å². The SMILES string of the molecule is Cc1cccc2c1nc1n(-c3[c-]c(-n4[c-][n+](-c5cccc6c7ccccc7n(-c7ccccc7)c56)c5ccccc54)ccc3)c3[c-]c4c(cc3n21)n1c2cccc(C)c2nc1n4-c1cc(C(C)(C)C)ccn1.Cc1cccc2c1nc1n(-c3[c-]c(-n4[c-][n+](-c5ccccc5-n5c6ccccc6c6ccccc65)c5ccccc54)ccc3)c3[c-]c4c(cc3n21)n1c2cccc(C)c2nc1n4-c1cc(C(C)(C)C)ccn1.[Pt].[Pt]. The van der Waals surface area contributed by atoms with Crippen molar-refractivity contribution in [1.29, 1.82) is 0 Å². The van der Waals surface area contributed by atoms with Crippen LogP contribution in [0.4, 0.5) is 0 Å². The molecule has 22 heteroatoms. The summed E-state index contributed by atoms with van der Waals surface area (Å²) in [5.41, 5.74) is 37.9. The number of benzene rings is 16. The molecule has 146 heavy (non-hydrogen) atoms. The Morgan fingerprint density at radius 3 is 1.03 bits per heavy atom. The molecule has 0 aliphatic carbocycles. The molecule has 16 aromatic carbocycles. The van der Waals surface area contributed by atoms with E-state index in [1.165, 1.54) is 32.7 Å². The summed E-state index contributed by atoms with van der Waals surface area (Å²) in [7, 11) is 0. The van der Waals surface area contributed by atoms with Gasteiger partial charge in [-0.1, -0.05) is 247 Å². The molecule has 0 aliphatic heterocycles. The summed E-state index contributed by atoms with van der Waals surface area (Å²) in [4.78, 5) is 31.6. The van der Waals surface area contributed by atoms with E-state index in [-0.39, 0.29) is 53.0 Å². The summed E-state index contributed by atoms with van der Waals surface area (Å²) in [6.45, 7) is 21.9. The van der Waals surface area contributed by atoms with Gasteiger partial charge in [-0.15, -0.1) is 36.4 Å². The Kier molecular flexibility index (Phi) is 19.7. The van der Waals surface area contributed by atoms with Crippen LogP contribution in [0.2, 0.25) is 0 Å². The van der Waals surface area contributed by atoms with Crippen molar-refractivity contribution in [2.45, 2.75) is 80.1 Å². The topological polar surface area (TPSA) is 142 Å². The Balaban J connectivity index is 0.000000143. The van der Waals surface area contributed by atoms with Gasteiger partial charge in [-0.05, 0) is 224 Å². The average Bonchev–Trinajstić information content (AvgIpc) is 1.53. The number of fused-ring (bicyclic) bond motifs is 28. The molecule has 20 nitrogen and oxygen atoms in total. The zero-order valence-corrected chi connectivity index (χ0v) is 85.6. The number of hydrogen-bond donors (Lipinski definition) is 0. The second-order valence-corrected chi connectivity index (χ2v) is 40.0. The Labute approximate surface area is 865 Å². The molecule has 0 fully saturated rings. The van der Waals surface area contributed by atoms with Crippen LogP contribution in [0.15, 0.2) is 352 Å². The summed E-state index contributed by atoms with van der Waals surface area (Å²) >= 11 is 0. The Bertz CT molecular complexity index is 10700. The van der Waals surface area contributed by atoms with Crippen LogP contribution in [-0.4, -0.2) is 84.0 Å². The third kappa shape index (κ3) is 12.9. The van der Waals surface area contributed by atoms with Gasteiger partial charge in [-0.2, -0.15) is 36.4 Å². The van der Waals surface area contributed by atoms with E-state index < -0.39 is 0 Å². The first kappa shape index (κ1) is 87.8.